The van der Waals surface area contributed by atoms with E-state index in [0.29, 0.717) is 25.9 Å². The van der Waals surface area contributed by atoms with Crippen molar-refractivity contribution in [1.82, 2.24) is 4.31 Å². The van der Waals surface area contributed by atoms with Crippen molar-refractivity contribution >= 4 is 10.0 Å². The lowest BCUT2D eigenvalue weighted by Gasteiger charge is -2.29. The highest BCUT2D eigenvalue weighted by Crippen LogP contribution is 2.16. The Bertz CT molecular complexity index is 281. The van der Waals surface area contributed by atoms with Crippen molar-refractivity contribution in [1.29, 1.82) is 0 Å². The molecule has 0 amide bonds. The lowest BCUT2D eigenvalue weighted by atomic mass is 10.1. The maximum Gasteiger partial charge on any atom is 0.214 e. The Kier molecular flexibility index (Phi) is 4.55. The first-order valence-corrected chi connectivity index (χ1v) is 7.22. The maximum atomic E-state index is 11.9. The van der Waals surface area contributed by atoms with E-state index < -0.39 is 10.0 Å². The van der Waals surface area contributed by atoms with E-state index in [4.69, 9.17) is 0 Å². The molecule has 1 aliphatic heterocycles. The summed E-state index contributed by atoms with van der Waals surface area (Å²) in [6.07, 6.45) is 1.70. The van der Waals surface area contributed by atoms with Crippen molar-refractivity contribution in [3.63, 3.8) is 0 Å². The summed E-state index contributed by atoms with van der Waals surface area (Å²) in [6, 6.07) is 0. The van der Waals surface area contributed by atoms with Gasteiger partial charge in [-0.05, 0) is 18.8 Å². The minimum Gasteiger partial charge on any atom is -0.393 e. The SMILES string of the molecule is CCC(C)CS(=O)(=O)N1CCC(O)CC1. The van der Waals surface area contributed by atoms with Gasteiger partial charge in [0.05, 0.1) is 11.9 Å². The molecule has 0 radical (unpaired) electrons. The summed E-state index contributed by atoms with van der Waals surface area (Å²) in [4.78, 5) is 0. The van der Waals surface area contributed by atoms with Gasteiger partial charge in [0.15, 0.2) is 0 Å². The molecule has 1 rings (SSSR count). The summed E-state index contributed by atoms with van der Waals surface area (Å²) in [7, 11) is -3.10. The van der Waals surface area contributed by atoms with Crippen LogP contribution in [-0.4, -0.2) is 42.8 Å². The fourth-order valence-corrected chi connectivity index (χ4v) is 3.64. The molecule has 0 bridgehead atoms. The molecule has 1 heterocycles. The predicted molar refractivity (Wildman–Crippen MR) is 60.1 cm³/mol. The van der Waals surface area contributed by atoms with Crippen molar-refractivity contribution in [2.75, 3.05) is 18.8 Å². The highest BCUT2D eigenvalue weighted by atomic mass is 32.2. The van der Waals surface area contributed by atoms with Crippen LogP contribution in [0.5, 0.6) is 0 Å². The minimum absolute atomic E-state index is 0.210. The standard InChI is InChI=1S/C10H21NO3S/c1-3-9(2)8-15(13,14)11-6-4-10(12)5-7-11/h9-10,12H,3-8H2,1-2H3. The summed E-state index contributed by atoms with van der Waals surface area (Å²) in [5.74, 6) is 0.446. The van der Waals surface area contributed by atoms with Crippen LogP contribution in [0, 0.1) is 5.92 Å². The summed E-state index contributed by atoms with van der Waals surface area (Å²) < 4.78 is 25.3. The normalized spacial score (nSPS) is 22.9. The van der Waals surface area contributed by atoms with E-state index in [9.17, 15) is 13.5 Å². The molecule has 5 heteroatoms. The highest BCUT2D eigenvalue weighted by Gasteiger charge is 2.27. The number of rotatable bonds is 4. The van der Waals surface area contributed by atoms with Gasteiger partial charge in [-0.25, -0.2) is 12.7 Å². The Morgan fingerprint density at radius 3 is 2.40 bits per heavy atom. The Labute approximate surface area is 92.3 Å². The van der Waals surface area contributed by atoms with Crippen LogP contribution in [0.1, 0.15) is 33.1 Å². The topological polar surface area (TPSA) is 57.6 Å². The first-order valence-electron chi connectivity index (χ1n) is 5.61. The number of nitrogens with zero attached hydrogens (tertiary/aromatic N) is 1. The van der Waals surface area contributed by atoms with E-state index in [1.807, 2.05) is 13.8 Å². The minimum atomic E-state index is -3.10. The molecule has 1 saturated heterocycles. The van der Waals surface area contributed by atoms with Gasteiger partial charge in [0.25, 0.3) is 0 Å². The van der Waals surface area contributed by atoms with Crippen LogP contribution in [0.4, 0.5) is 0 Å². The second-order valence-corrected chi connectivity index (χ2v) is 6.44. The molecular formula is C10H21NO3S. The van der Waals surface area contributed by atoms with Crippen LogP contribution in [0.15, 0.2) is 0 Å². The molecule has 0 saturated carbocycles. The molecule has 0 aromatic carbocycles. The van der Waals surface area contributed by atoms with Crippen LogP contribution in [-0.2, 0) is 10.0 Å². The number of hydrogen-bond acceptors (Lipinski definition) is 3. The smallest absolute Gasteiger partial charge is 0.214 e. The average Bonchev–Trinajstić information content (AvgIpc) is 2.17. The molecule has 0 aromatic heterocycles. The van der Waals surface area contributed by atoms with Gasteiger partial charge in [-0.3, -0.25) is 0 Å². The molecule has 1 N–H and O–H groups in total. The van der Waals surface area contributed by atoms with Crippen LogP contribution in [0.2, 0.25) is 0 Å². The van der Waals surface area contributed by atoms with Gasteiger partial charge in [0.1, 0.15) is 0 Å². The van der Waals surface area contributed by atoms with Crippen LogP contribution >= 0.6 is 0 Å². The third kappa shape index (κ3) is 3.74. The molecule has 1 unspecified atom stereocenters. The molecule has 0 spiro atoms. The largest absolute Gasteiger partial charge is 0.393 e. The Hall–Kier alpha value is -0.130. The second kappa shape index (κ2) is 5.27. The first kappa shape index (κ1) is 12.9. The van der Waals surface area contributed by atoms with E-state index in [1.165, 1.54) is 4.31 Å². The maximum absolute atomic E-state index is 11.9. The summed E-state index contributed by atoms with van der Waals surface area (Å²) in [6.45, 7) is 4.90. The van der Waals surface area contributed by atoms with Gasteiger partial charge >= 0.3 is 0 Å². The molecule has 1 fully saturated rings. The summed E-state index contributed by atoms with van der Waals surface area (Å²) in [5, 5.41) is 9.30. The average molecular weight is 235 g/mol. The van der Waals surface area contributed by atoms with Crippen LogP contribution < -0.4 is 0 Å². The van der Waals surface area contributed by atoms with E-state index in [-0.39, 0.29) is 17.8 Å². The van der Waals surface area contributed by atoms with Gasteiger partial charge in [-0.1, -0.05) is 20.3 Å². The number of piperidine rings is 1. The van der Waals surface area contributed by atoms with E-state index >= 15 is 0 Å². The number of aliphatic hydroxyl groups excluding tert-OH is 1. The Balaban J connectivity index is 2.54. The van der Waals surface area contributed by atoms with Crippen LogP contribution in [0.25, 0.3) is 0 Å². The van der Waals surface area contributed by atoms with Gasteiger partial charge in [-0.15, -0.1) is 0 Å². The third-order valence-electron chi connectivity index (χ3n) is 3.01. The van der Waals surface area contributed by atoms with Gasteiger partial charge in [0, 0.05) is 13.1 Å². The highest BCUT2D eigenvalue weighted by molar-refractivity contribution is 7.89. The van der Waals surface area contributed by atoms with Gasteiger partial charge in [0.2, 0.25) is 10.0 Å². The number of aliphatic hydroxyl groups is 1. The zero-order valence-corrected chi connectivity index (χ0v) is 10.3. The van der Waals surface area contributed by atoms with E-state index in [2.05, 4.69) is 0 Å². The molecule has 0 aromatic rings. The van der Waals surface area contributed by atoms with Crippen molar-refractivity contribution in [3.05, 3.63) is 0 Å². The van der Waals surface area contributed by atoms with Crippen molar-refractivity contribution in [3.8, 4) is 0 Å². The molecule has 15 heavy (non-hydrogen) atoms. The lowest BCUT2D eigenvalue weighted by molar-refractivity contribution is 0.113. The Morgan fingerprint density at radius 1 is 1.40 bits per heavy atom. The van der Waals surface area contributed by atoms with Crippen molar-refractivity contribution < 1.29 is 13.5 Å². The molecule has 90 valence electrons. The molecule has 0 aliphatic carbocycles. The van der Waals surface area contributed by atoms with Gasteiger partial charge in [-0.2, -0.15) is 0 Å². The fourth-order valence-electron chi connectivity index (χ4n) is 1.70. The molecular weight excluding hydrogens is 214 g/mol. The first-order chi connectivity index (χ1) is 6.95. The number of hydrogen-bond donors (Lipinski definition) is 1. The van der Waals surface area contributed by atoms with Crippen molar-refractivity contribution in [2.45, 2.75) is 39.2 Å². The quantitative estimate of drug-likeness (QED) is 0.785. The molecule has 1 aliphatic rings. The summed E-state index contributed by atoms with van der Waals surface area (Å²) in [5.41, 5.74) is 0. The second-order valence-electron chi connectivity index (χ2n) is 4.42. The third-order valence-corrected chi connectivity index (χ3v) is 5.15. The zero-order chi connectivity index (χ0) is 11.5. The van der Waals surface area contributed by atoms with E-state index in [0.717, 1.165) is 6.42 Å². The van der Waals surface area contributed by atoms with Crippen LogP contribution in [0.3, 0.4) is 0 Å². The molecule has 1 atom stereocenters. The monoisotopic (exact) mass is 235 g/mol. The van der Waals surface area contributed by atoms with Gasteiger partial charge < -0.3 is 5.11 Å². The fraction of sp³-hybridized carbons (Fsp3) is 1.00. The zero-order valence-electron chi connectivity index (χ0n) is 9.52. The lowest BCUT2D eigenvalue weighted by Crippen LogP contribution is -2.42. The predicted octanol–water partition coefficient (Wildman–Crippen LogP) is 0.819. The van der Waals surface area contributed by atoms with E-state index in [1.54, 1.807) is 0 Å². The number of sulfonamides is 1. The Morgan fingerprint density at radius 2 is 1.93 bits per heavy atom. The van der Waals surface area contributed by atoms with Crippen molar-refractivity contribution in [2.24, 2.45) is 5.92 Å². The summed E-state index contributed by atoms with van der Waals surface area (Å²) >= 11 is 0. The molecule has 4 nitrogen and oxygen atoms in total.